The van der Waals surface area contributed by atoms with Crippen molar-refractivity contribution in [2.24, 2.45) is 23.2 Å². The molecule has 6 nitrogen and oxygen atoms in total. The van der Waals surface area contributed by atoms with Crippen molar-refractivity contribution in [3.8, 4) is 0 Å². The van der Waals surface area contributed by atoms with E-state index in [1.54, 1.807) is 13.0 Å². The molecule has 2 aliphatic rings. The normalized spacial score (nSPS) is 34.3. The Morgan fingerprint density at radius 2 is 1.76 bits per heavy atom. The first-order valence-corrected chi connectivity index (χ1v) is 6.52. The van der Waals surface area contributed by atoms with Crippen LogP contribution in [0.5, 0.6) is 0 Å². The van der Waals surface area contributed by atoms with Crippen molar-refractivity contribution in [1.82, 2.24) is 0 Å². The van der Waals surface area contributed by atoms with Crippen LogP contribution in [0.15, 0.2) is 24.3 Å². The second-order valence-electron chi connectivity index (χ2n) is 5.16. The van der Waals surface area contributed by atoms with Gasteiger partial charge in [-0.2, -0.15) is 0 Å². The fourth-order valence-corrected chi connectivity index (χ4v) is 3.23. The van der Waals surface area contributed by atoms with Crippen LogP contribution < -0.4 is 0 Å². The third kappa shape index (κ3) is 1.93. The molecule has 0 N–H and O–H groups in total. The fraction of sp³-hybridized carbons (Fsp3) is 0.467. The molecule has 0 saturated carbocycles. The van der Waals surface area contributed by atoms with Crippen LogP contribution in [0.25, 0.3) is 0 Å². The van der Waals surface area contributed by atoms with E-state index >= 15 is 0 Å². The molecule has 0 spiro atoms. The van der Waals surface area contributed by atoms with Gasteiger partial charge in [0.1, 0.15) is 5.41 Å². The molecule has 0 aromatic heterocycles. The Bertz CT molecular complexity index is 573. The van der Waals surface area contributed by atoms with Crippen molar-refractivity contribution in [3.05, 3.63) is 24.3 Å². The summed E-state index contributed by atoms with van der Waals surface area (Å²) in [6, 6.07) is 0. The molecule has 112 valence electrons. The number of esters is 2. The summed E-state index contributed by atoms with van der Waals surface area (Å²) in [7, 11) is 2.35. The Hall–Kier alpha value is -2.24. The predicted octanol–water partition coefficient (Wildman–Crippen LogP) is 0.465. The van der Waals surface area contributed by atoms with E-state index in [-0.39, 0.29) is 0 Å². The Labute approximate surface area is 121 Å². The van der Waals surface area contributed by atoms with Crippen molar-refractivity contribution >= 4 is 23.5 Å². The maximum Gasteiger partial charge on any atom is 0.321 e. The molecule has 0 fully saturated rings. The van der Waals surface area contributed by atoms with E-state index in [0.717, 1.165) is 19.3 Å². The zero-order valence-electron chi connectivity index (χ0n) is 12.0. The molecule has 0 aromatic rings. The van der Waals surface area contributed by atoms with E-state index in [4.69, 9.17) is 4.74 Å². The number of hydrogen-bond acceptors (Lipinski definition) is 6. The minimum absolute atomic E-state index is 0.452. The average molecular weight is 292 g/mol. The topological polar surface area (TPSA) is 86.7 Å². The van der Waals surface area contributed by atoms with E-state index < -0.39 is 46.7 Å². The average Bonchev–Trinajstić information content (AvgIpc) is 2.49. The van der Waals surface area contributed by atoms with E-state index in [1.807, 2.05) is 0 Å². The third-order valence-corrected chi connectivity index (χ3v) is 4.28. The van der Waals surface area contributed by atoms with Gasteiger partial charge in [0, 0.05) is 0 Å². The first kappa shape index (κ1) is 15.2. The number of ketones is 2. The summed E-state index contributed by atoms with van der Waals surface area (Å²) in [5, 5.41) is 0. The van der Waals surface area contributed by atoms with Gasteiger partial charge in [0.2, 0.25) is 0 Å². The molecule has 0 saturated heterocycles. The van der Waals surface area contributed by atoms with Crippen molar-refractivity contribution in [2.45, 2.75) is 6.92 Å². The lowest BCUT2D eigenvalue weighted by Crippen LogP contribution is -2.59. The summed E-state index contributed by atoms with van der Waals surface area (Å²) >= 11 is 0. The Morgan fingerprint density at radius 1 is 1.10 bits per heavy atom. The standard InChI is InChI=1S/C15H16O6/c1-8-4-5-9(13(18)20-2)12-10(16)6-7-11(17)15(8,12)14(19)21-3/h4-9,12H,1-3H3/t8-,9+,12-,15-/m0/s1. The van der Waals surface area contributed by atoms with Crippen LogP contribution in [0.4, 0.5) is 0 Å². The van der Waals surface area contributed by atoms with E-state index in [2.05, 4.69) is 4.74 Å². The maximum atomic E-state index is 12.4. The summed E-state index contributed by atoms with van der Waals surface area (Å²) < 4.78 is 9.45. The second-order valence-corrected chi connectivity index (χ2v) is 5.16. The molecular weight excluding hydrogens is 276 g/mol. The molecule has 0 radical (unpaired) electrons. The second kappa shape index (κ2) is 5.27. The first-order valence-electron chi connectivity index (χ1n) is 6.52. The van der Waals surface area contributed by atoms with Crippen molar-refractivity contribution in [1.29, 1.82) is 0 Å². The highest BCUT2D eigenvalue weighted by Crippen LogP contribution is 2.49. The number of methoxy groups -OCH3 is 2. The maximum absolute atomic E-state index is 12.4. The number of carbonyl (C=O) groups is 4. The molecule has 0 unspecified atom stereocenters. The van der Waals surface area contributed by atoms with Crippen LogP contribution in [-0.2, 0) is 28.7 Å². The van der Waals surface area contributed by atoms with Crippen molar-refractivity contribution in [3.63, 3.8) is 0 Å². The number of ether oxygens (including phenoxy) is 2. The minimum Gasteiger partial charge on any atom is -0.469 e. The van der Waals surface area contributed by atoms with Crippen LogP contribution in [-0.4, -0.2) is 37.7 Å². The van der Waals surface area contributed by atoms with Crippen LogP contribution in [0.1, 0.15) is 6.92 Å². The quantitative estimate of drug-likeness (QED) is 0.417. The highest BCUT2D eigenvalue weighted by Gasteiger charge is 2.63. The molecule has 0 aliphatic heterocycles. The van der Waals surface area contributed by atoms with Gasteiger partial charge in [-0.25, -0.2) is 0 Å². The summed E-state index contributed by atoms with van der Waals surface area (Å²) in [4.78, 5) is 49.0. The molecule has 6 heteroatoms. The number of rotatable bonds is 2. The molecule has 2 aliphatic carbocycles. The molecule has 21 heavy (non-hydrogen) atoms. The minimum atomic E-state index is -1.70. The summed E-state index contributed by atoms with van der Waals surface area (Å²) in [5.41, 5.74) is -1.70. The van der Waals surface area contributed by atoms with Gasteiger partial charge in [0.25, 0.3) is 0 Å². The Balaban J connectivity index is 2.69. The van der Waals surface area contributed by atoms with E-state index in [9.17, 15) is 19.2 Å². The summed E-state index contributed by atoms with van der Waals surface area (Å²) in [5.74, 6) is -5.11. The van der Waals surface area contributed by atoms with Crippen molar-refractivity contribution in [2.75, 3.05) is 14.2 Å². The van der Waals surface area contributed by atoms with Gasteiger partial charge in [0.05, 0.1) is 26.1 Å². The van der Waals surface area contributed by atoms with Crippen LogP contribution in [0, 0.1) is 23.2 Å². The molecule has 0 heterocycles. The number of fused-ring (bicyclic) bond motifs is 1. The zero-order valence-corrected chi connectivity index (χ0v) is 12.0. The lowest BCUT2D eigenvalue weighted by atomic mass is 9.54. The highest BCUT2D eigenvalue weighted by molar-refractivity contribution is 6.19. The van der Waals surface area contributed by atoms with Crippen LogP contribution in [0.3, 0.4) is 0 Å². The lowest BCUT2D eigenvalue weighted by molar-refractivity contribution is -0.171. The van der Waals surface area contributed by atoms with E-state index in [1.165, 1.54) is 13.2 Å². The van der Waals surface area contributed by atoms with Gasteiger partial charge in [-0.15, -0.1) is 0 Å². The Morgan fingerprint density at radius 3 is 2.33 bits per heavy atom. The lowest BCUT2D eigenvalue weighted by Gasteiger charge is -2.44. The van der Waals surface area contributed by atoms with Gasteiger partial charge < -0.3 is 9.47 Å². The van der Waals surface area contributed by atoms with Crippen molar-refractivity contribution < 1.29 is 28.7 Å². The van der Waals surface area contributed by atoms with Gasteiger partial charge in [-0.3, -0.25) is 19.2 Å². The molecular formula is C15H16O6. The molecule has 0 amide bonds. The predicted molar refractivity (Wildman–Crippen MR) is 70.9 cm³/mol. The molecule has 0 aromatic carbocycles. The largest absolute Gasteiger partial charge is 0.469 e. The monoisotopic (exact) mass is 292 g/mol. The van der Waals surface area contributed by atoms with Crippen LogP contribution >= 0.6 is 0 Å². The first-order chi connectivity index (χ1) is 9.91. The smallest absolute Gasteiger partial charge is 0.321 e. The molecule has 4 atom stereocenters. The van der Waals surface area contributed by atoms with Gasteiger partial charge in [-0.05, 0) is 18.1 Å². The SMILES string of the molecule is COC(=O)[C@@H]1C=C[C@H](C)[C@]2(C(=O)OC)C(=O)C=CC(=O)[C@H]12. The number of allylic oxidation sites excluding steroid dienone is 3. The summed E-state index contributed by atoms with van der Waals surface area (Å²) in [6.45, 7) is 1.65. The molecule has 0 bridgehead atoms. The fourth-order valence-electron chi connectivity index (χ4n) is 3.23. The van der Waals surface area contributed by atoms with Gasteiger partial charge in [-0.1, -0.05) is 19.1 Å². The summed E-state index contributed by atoms with van der Waals surface area (Å²) in [6.07, 6.45) is 5.29. The van der Waals surface area contributed by atoms with Gasteiger partial charge in [0.15, 0.2) is 11.6 Å². The Kier molecular flexibility index (Phi) is 3.80. The van der Waals surface area contributed by atoms with Gasteiger partial charge >= 0.3 is 11.9 Å². The third-order valence-electron chi connectivity index (χ3n) is 4.28. The zero-order chi connectivity index (χ0) is 15.8. The number of hydrogen-bond donors (Lipinski definition) is 0. The van der Waals surface area contributed by atoms with E-state index in [0.29, 0.717) is 0 Å². The highest BCUT2D eigenvalue weighted by atomic mass is 16.5. The van der Waals surface area contributed by atoms with Crippen LogP contribution in [0.2, 0.25) is 0 Å². The molecule has 2 rings (SSSR count). The number of carbonyl (C=O) groups excluding carboxylic acids is 4.